The molecule has 0 saturated heterocycles. The zero-order chi connectivity index (χ0) is 12.1. The van der Waals surface area contributed by atoms with Crippen LogP contribution in [-0.4, -0.2) is 22.9 Å². The molecule has 2 unspecified atom stereocenters. The van der Waals surface area contributed by atoms with Crippen molar-refractivity contribution in [3.63, 3.8) is 0 Å². The SMILES string of the molecule is CCNCC1CCCC1Cc1cnn(CC)c1. The molecule has 2 rings (SSSR count). The Labute approximate surface area is 105 Å². The molecule has 0 aliphatic heterocycles. The van der Waals surface area contributed by atoms with Gasteiger partial charge in [0.25, 0.3) is 0 Å². The van der Waals surface area contributed by atoms with E-state index < -0.39 is 0 Å². The lowest BCUT2D eigenvalue weighted by atomic mass is 9.90. The number of nitrogens with zero attached hydrogens (tertiary/aromatic N) is 2. The highest BCUT2D eigenvalue weighted by Gasteiger charge is 2.27. The first-order chi connectivity index (χ1) is 8.33. The predicted molar refractivity (Wildman–Crippen MR) is 71.0 cm³/mol. The maximum atomic E-state index is 4.36. The minimum Gasteiger partial charge on any atom is -0.317 e. The molecule has 1 heterocycles. The molecule has 1 aliphatic rings. The van der Waals surface area contributed by atoms with E-state index in [1.165, 1.54) is 37.8 Å². The monoisotopic (exact) mass is 235 g/mol. The van der Waals surface area contributed by atoms with E-state index in [9.17, 15) is 0 Å². The van der Waals surface area contributed by atoms with Gasteiger partial charge in [-0.15, -0.1) is 0 Å². The van der Waals surface area contributed by atoms with Gasteiger partial charge in [-0.2, -0.15) is 5.10 Å². The highest BCUT2D eigenvalue weighted by atomic mass is 15.3. The first-order valence-electron chi connectivity index (χ1n) is 7.05. The van der Waals surface area contributed by atoms with Crippen LogP contribution in [0.25, 0.3) is 0 Å². The Bertz CT molecular complexity index is 332. The summed E-state index contributed by atoms with van der Waals surface area (Å²) in [4.78, 5) is 0. The van der Waals surface area contributed by atoms with E-state index in [4.69, 9.17) is 0 Å². The normalized spacial score (nSPS) is 24.4. The van der Waals surface area contributed by atoms with Gasteiger partial charge in [0.1, 0.15) is 0 Å². The molecule has 1 aliphatic carbocycles. The van der Waals surface area contributed by atoms with E-state index in [0.29, 0.717) is 0 Å². The highest BCUT2D eigenvalue weighted by Crippen LogP contribution is 2.33. The van der Waals surface area contributed by atoms with Crippen LogP contribution in [0.4, 0.5) is 0 Å². The second-order valence-electron chi connectivity index (χ2n) is 5.17. The van der Waals surface area contributed by atoms with Gasteiger partial charge in [0.05, 0.1) is 6.20 Å². The third-order valence-electron chi connectivity index (χ3n) is 3.98. The predicted octanol–water partition coefficient (Wildman–Crippen LogP) is 2.47. The molecule has 0 radical (unpaired) electrons. The van der Waals surface area contributed by atoms with E-state index in [0.717, 1.165) is 24.9 Å². The fourth-order valence-corrected chi connectivity index (χ4v) is 2.97. The third-order valence-corrected chi connectivity index (χ3v) is 3.98. The van der Waals surface area contributed by atoms with Crippen molar-refractivity contribution in [3.8, 4) is 0 Å². The zero-order valence-electron chi connectivity index (χ0n) is 11.2. The fraction of sp³-hybridized carbons (Fsp3) is 0.786. The second kappa shape index (κ2) is 6.20. The Balaban J connectivity index is 1.88. The van der Waals surface area contributed by atoms with Crippen LogP contribution >= 0.6 is 0 Å². The molecule has 0 aromatic carbocycles. The summed E-state index contributed by atoms with van der Waals surface area (Å²) in [5, 5.41) is 7.87. The van der Waals surface area contributed by atoms with Crippen molar-refractivity contribution >= 4 is 0 Å². The number of aromatic nitrogens is 2. The van der Waals surface area contributed by atoms with Crippen molar-refractivity contribution in [2.75, 3.05) is 13.1 Å². The summed E-state index contributed by atoms with van der Waals surface area (Å²) in [6, 6.07) is 0. The molecule has 1 aromatic rings. The van der Waals surface area contributed by atoms with Crippen LogP contribution in [0.2, 0.25) is 0 Å². The van der Waals surface area contributed by atoms with Crippen LogP contribution in [0.3, 0.4) is 0 Å². The molecule has 0 amide bonds. The molecular formula is C14H25N3. The fourth-order valence-electron chi connectivity index (χ4n) is 2.97. The van der Waals surface area contributed by atoms with Gasteiger partial charge in [0.2, 0.25) is 0 Å². The molecule has 3 heteroatoms. The lowest BCUT2D eigenvalue weighted by molar-refractivity contribution is 0.368. The van der Waals surface area contributed by atoms with Gasteiger partial charge in [-0.1, -0.05) is 13.3 Å². The molecule has 1 aromatic heterocycles. The highest BCUT2D eigenvalue weighted by molar-refractivity contribution is 5.06. The Morgan fingerprint density at radius 3 is 2.88 bits per heavy atom. The molecule has 0 bridgehead atoms. The van der Waals surface area contributed by atoms with E-state index in [2.05, 4.69) is 30.5 Å². The summed E-state index contributed by atoms with van der Waals surface area (Å²) in [5.41, 5.74) is 1.42. The standard InChI is InChI=1S/C14H25N3/c1-3-15-10-14-7-5-6-13(14)8-12-9-16-17(4-2)11-12/h9,11,13-15H,3-8,10H2,1-2H3. The van der Waals surface area contributed by atoms with Gasteiger partial charge < -0.3 is 5.32 Å². The van der Waals surface area contributed by atoms with Gasteiger partial charge in [-0.3, -0.25) is 4.68 Å². The van der Waals surface area contributed by atoms with Crippen molar-refractivity contribution in [1.82, 2.24) is 15.1 Å². The summed E-state index contributed by atoms with van der Waals surface area (Å²) < 4.78 is 2.03. The van der Waals surface area contributed by atoms with Gasteiger partial charge in [-0.05, 0) is 56.7 Å². The number of rotatable bonds is 6. The van der Waals surface area contributed by atoms with Gasteiger partial charge in [-0.25, -0.2) is 0 Å². The Morgan fingerprint density at radius 2 is 2.18 bits per heavy atom. The third kappa shape index (κ3) is 3.32. The Morgan fingerprint density at radius 1 is 1.35 bits per heavy atom. The van der Waals surface area contributed by atoms with E-state index >= 15 is 0 Å². The summed E-state index contributed by atoms with van der Waals surface area (Å²) >= 11 is 0. The summed E-state index contributed by atoms with van der Waals surface area (Å²) in [6.45, 7) is 7.60. The van der Waals surface area contributed by atoms with Crippen molar-refractivity contribution < 1.29 is 0 Å². The van der Waals surface area contributed by atoms with Crippen molar-refractivity contribution in [2.24, 2.45) is 11.8 Å². The minimum absolute atomic E-state index is 0.864. The number of aryl methyl sites for hydroxylation is 1. The number of hydrogen-bond acceptors (Lipinski definition) is 2. The summed E-state index contributed by atoms with van der Waals surface area (Å²) in [7, 11) is 0. The number of hydrogen-bond donors (Lipinski definition) is 1. The molecule has 1 N–H and O–H groups in total. The van der Waals surface area contributed by atoms with Crippen LogP contribution in [0, 0.1) is 11.8 Å². The van der Waals surface area contributed by atoms with E-state index in [1.807, 2.05) is 10.9 Å². The van der Waals surface area contributed by atoms with Crippen LogP contribution in [0.15, 0.2) is 12.4 Å². The molecule has 17 heavy (non-hydrogen) atoms. The van der Waals surface area contributed by atoms with Crippen molar-refractivity contribution in [2.45, 2.75) is 46.1 Å². The summed E-state index contributed by atoms with van der Waals surface area (Å²) in [6.07, 6.45) is 9.68. The van der Waals surface area contributed by atoms with Crippen molar-refractivity contribution in [3.05, 3.63) is 18.0 Å². The van der Waals surface area contributed by atoms with Gasteiger partial charge >= 0.3 is 0 Å². The lowest BCUT2D eigenvalue weighted by Crippen LogP contribution is -2.25. The van der Waals surface area contributed by atoms with Crippen LogP contribution < -0.4 is 5.32 Å². The van der Waals surface area contributed by atoms with Crippen LogP contribution in [0.5, 0.6) is 0 Å². The molecule has 0 spiro atoms. The number of nitrogens with one attached hydrogen (secondary N) is 1. The van der Waals surface area contributed by atoms with Crippen LogP contribution in [0.1, 0.15) is 38.7 Å². The maximum absolute atomic E-state index is 4.36. The average Bonchev–Trinajstić information content (AvgIpc) is 2.96. The first-order valence-corrected chi connectivity index (χ1v) is 7.05. The Hall–Kier alpha value is -0.830. The largest absolute Gasteiger partial charge is 0.317 e. The molecule has 1 saturated carbocycles. The second-order valence-corrected chi connectivity index (χ2v) is 5.17. The van der Waals surface area contributed by atoms with Gasteiger partial charge in [0.15, 0.2) is 0 Å². The lowest BCUT2D eigenvalue weighted by Gasteiger charge is -2.19. The molecule has 96 valence electrons. The Kier molecular flexibility index (Phi) is 4.60. The van der Waals surface area contributed by atoms with Crippen LogP contribution in [-0.2, 0) is 13.0 Å². The van der Waals surface area contributed by atoms with E-state index in [-0.39, 0.29) is 0 Å². The van der Waals surface area contributed by atoms with Gasteiger partial charge in [0, 0.05) is 12.7 Å². The van der Waals surface area contributed by atoms with E-state index in [1.54, 1.807) is 0 Å². The topological polar surface area (TPSA) is 29.9 Å². The zero-order valence-corrected chi connectivity index (χ0v) is 11.2. The quantitative estimate of drug-likeness (QED) is 0.821. The molecule has 2 atom stereocenters. The minimum atomic E-state index is 0.864. The first kappa shape index (κ1) is 12.6. The molecule has 3 nitrogen and oxygen atoms in total. The maximum Gasteiger partial charge on any atom is 0.0521 e. The molecular weight excluding hydrogens is 210 g/mol. The molecule has 1 fully saturated rings. The van der Waals surface area contributed by atoms with Crippen molar-refractivity contribution in [1.29, 1.82) is 0 Å². The smallest absolute Gasteiger partial charge is 0.0521 e. The summed E-state index contributed by atoms with van der Waals surface area (Å²) in [5.74, 6) is 1.74. The average molecular weight is 235 g/mol.